The average Bonchev–Trinajstić information content (AvgIpc) is 2.67. The molecule has 0 fully saturated rings. The number of esters is 1. The molecule has 5 heteroatoms. The van der Waals surface area contributed by atoms with Crippen molar-refractivity contribution in [3.05, 3.63) is 52.8 Å². The van der Waals surface area contributed by atoms with Crippen LogP contribution in [0.3, 0.4) is 0 Å². The van der Waals surface area contributed by atoms with Gasteiger partial charge in [0.25, 0.3) is 0 Å². The van der Waals surface area contributed by atoms with Crippen LogP contribution in [0.1, 0.15) is 54.0 Å². The summed E-state index contributed by atoms with van der Waals surface area (Å²) >= 11 is 0. The Morgan fingerprint density at radius 2 is 1.82 bits per heavy atom. The number of nitrogens with two attached hydrogens (primary N) is 1. The summed E-state index contributed by atoms with van der Waals surface area (Å²) in [7, 11) is 0. The zero-order valence-corrected chi connectivity index (χ0v) is 16.6. The number of hydrogen-bond donors (Lipinski definition) is 1. The number of aryl methyl sites for hydroxylation is 2. The summed E-state index contributed by atoms with van der Waals surface area (Å²) in [6, 6.07) is 9.83. The first-order valence-corrected chi connectivity index (χ1v) is 9.85. The molecule has 2 N–H and O–H groups in total. The molecule has 0 saturated carbocycles. The third-order valence-electron chi connectivity index (χ3n) is 5.24. The lowest BCUT2D eigenvalue weighted by Crippen LogP contribution is -2.17. The summed E-state index contributed by atoms with van der Waals surface area (Å²) in [5.74, 6) is -0.377. The molecular formula is C23H25N3O2. The standard InChI is InChI=1S/C23H25N3O2/c1-13(2)28-23(27)18-14(3)25-22-20(19(18)15-9-5-4-6-10-15)21(24)16-11-7-8-12-17(16)26-22/h4-6,9-10,13H,7-8,11-12H2,1-3H3,(H2,24,25,26). The molecule has 0 spiro atoms. The molecule has 0 amide bonds. The van der Waals surface area contributed by atoms with Crippen molar-refractivity contribution in [3.8, 4) is 11.1 Å². The predicted molar refractivity (Wildman–Crippen MR) is 111 cm³/mol. The highest BCUT2D eigenvalue weighted by Crippen LogP contribution is 2.39. The molecule has 2 heterocycles. The van der Waals surface area contributed by atoms with Crippen molar-refractivity contribution < 1.29 is 9.53 Å². The van der Waals surface area contributed by atoms with E-state index in [1.165, 1.54) is 0 Å². The van der Waals surface area contributed by atoms with Crippen LogP contribution in [0.25, 0.3) is 22.2 Å². The SMILES string of the molecule is Cc1nc2nc3c(c(N)c2c(-c2ccccc2)c1C(=O)OC(C)C)CCCC3. The summed E-state index contributed by atoms with van der Waals surface area (Å²) in [5, 5.41) is 0.758. The Morgan fingerprint density at radius 1 is 1.11 bits per heavy atom. The van der Waals surface area contributed by atoms with E-state index in [0.29, 0.717) is 22.6 Å². The number of ether oxygens (including phenoxy) is 1. The van der Waals surface area contributed by atoms with Gasteiger partial charge in [-0.1, -0.05) is 30.3 Å². The highest BCUT2D eigenvalue weighted by molar-refractivity contribution is 6.11. The van der Waals surface area contributed by atoms with Gasteiger partial charge in [0.05, 0.1) is 22.7 Å². The Balaban J connectivity index is 2.10. The zero-order chi connectivity index (χ0) is 19.8. The minimum absolute atomic E-state index is 0.217. The van der Waals surface area contributed by atoms with E-state index in [1.807, 2.05) is 51.1 Å². The minimum atomic E-state index is -0.377. The molecule has 1 aliphatic carbocycles. The number of benzene rings is 1. The van der Waals surface area contributed by atoms with Crippen molar-refractivity contribution in [2.24, 2.45) is 0 Å². The van der Waals surface area contributed by atoms with Gasteiger partial charge in [0.2, 0.25) is 0 Å². The van der Waals surface area contributed by atoms with E-state index >= 15 is 0 Å². The molecule has 1 aromatic carbocycles. The summed E-state index contributed by atoms with van der Waals surface area (Å²) in [4.78, 5) is 22.5. The van der Waals surface area contributed by atoms with E-state index in [0.717, 1.165) is 53.5 Å². The molecule has 0 bridgehead atoms. The van der Waals surface area contributed by atoms with Gasteiger partial charge in [0.15, 0.2) is 5.65 Å². The molecular weight excluding hydrogens is 350 g/mol. The van der Waals surface area contributed by atoms with Crippen LogP contribution in [-0.4, -0.2) is 22.0 Å². The molecule has 2 aromatic heterocycles. The number of aromatic nitrogens is 2. The van der Waals surface area contributed by atoms with Gasteiger partial charge in [0, 0.05) is 16.9 Å². The van der Waals surface area contributed by atoms with E-state index in [-0.39, 0.29) is 12.1 Å². The second-order valence-electron chi connectivity index (χ2n) is 7.62. The first kappa shape index (κ1) is 18.4. The topological polar surface area (TPSA) is 78.1 Å². The van der Waals surface area contributed by atoms with Crippen LogP contribution >= 0.6 is 0 Å². The maximum absolute atomic E-state index is 13.0. The Kier molecular flexibility index (Phi) is 4.75. The van der Waals surface area contributed by atoms with Crippen LogP contribution < -0.4 is 5.73 Å². The number of rotatable bonds is 3. The quantitative estimate of drug-likeness (QED) is 0.675. The van der Waals surface area contributed by atoms with Crippen molar-refractivity contribution >= 4 is 22.7 Å². The summed E-state index contributed by atoms with van der Waals surface area (Å²) in [5.41, 5.74) is 12.9. The van der Waals surface area contributed by atoms with Crippen molar-refractivity contribution in [1.29, 1.82) is 0 Å². The number of nitrogens with zero attached hydrogens (tertiary/aromatic N) is 2. The van der Waals surface area contributed by atoms with Crippen LogP contribution in [0.5, 0.6) is 0 Å². The van der Waals surface area contributed by atoms with Gasteiger partial charge in [-0.05, 0) is 57.6 Å². The highest BCUT2D eigenvalue weighted by Gasteiger charge is 2.26. The molecule has 0 unspecified atom stereocenters. The molecule has 1 aliphatic rings. The Hall–Kier alpha value is -2.95. The second-order valence-corrected chi connectivity index (χ2v) is 7.62. The zero-order valence-electron chi connectivity index (χ0n) is 16.6. The lowest BCUT2D eigenvalue weighted by atomic mass is 9.89. The van der Waals surface area contributed by atoms with E-state index in [9.17, 15) is 4.79 Å². The van der Waals surface area contributed by atoms with Crippen molar-refractivity contribution in [2.45, 2.75) is 52.6 Å². The van der Waals surface area contributed by atoms with Gasteiger partial charge in [-0.25, -0.2) is 14.8 Å². The molecule has 0 radical (unpaired) electrons. The van der Waals surface area contributed by atoms with Crippen molar-refractivity contribution in [1.82, 2.24) is 9.97 Å². The van der Waals surface area contributed by atoms with E-state index in [1.54, 1.807) is 0 Å². The van der Waals surface area contributed by atoms with Gasteiger partial charge < -0.3 is 10.5 Å². The third-order valence-corrected chi connectivity index (χ3v) is 5.24. The average molecular weight is 375 g/mol. The Labute approximate surface area is 165 Å². The maximum Gasteiger partial charge on any atom is 0.340 e. The molecule has 0 atom stereocenters. The number of hydrogen-bond acceptors (Lipinski definition) is 5. The number of anilines is 1. The fraction of sp³-hybridized carbons (Fsp3) is 0.348. The molecule has 5 nitrogen and oxygen atoms in total. The van der Waals surface area contributed by atoms with Gasteiger partial charge >= 0.3 is 5.97 Å². The minimum Gasteiger partial charge on any atom is -0.459 e. The van der Waals surface area contributed by atoms with Gasteiger partial charge in [-0.2, -0.15) is 0 Å². The number of carbonyl (C=O) groups excluding carboxylic acids is 1. The largest absolute Gasteiger partial charge is 0.459 e. The molecule has 144 valence electrons. The van der Waals surface area contributed by atoms with E-state index < -0.39 is 0 Å². The fourth-order valence-corrected chi connectivity index (χ4v) is 4.02. The molecule has 4 rings (SSSR count). The smallest absolute Gasteiger partial charge is 0.340 e. The van der Waals surface area contributed by atoms with Gasteiger partial charge in [-0.15, -0.1) is 0 Å². The van der Waals surface area contributed by atoms with Gasteiger partial charge in [-0.3, -0.25) is 0 Å². The molecule has 3 aromatic rings. The summed E-state index contributed by atoms with van der Waals surface area (Å²) in [6.07, 6.45) is 3.84. The van der Waals surface area contributed by atoms with Gasteiger partial charge in [0.1, 0.15) is 0 Å². The first-order chi connectivity index (χ1) is 13.5. The van der Waals surface area contributed by atoms with Crippen LogP contribution in [0.4, 0.5) is 5.69 Å². The lowest BCUT2D eigenvalue weighted by Gasteiger charge is -2.22. The molecule has 0 saturated heterocycles. The summed E-state index contributed by atoms with van der Waals surface area (Å²) < 4.78 is 5.54. The first-order valence-electron chi connectivity index (χ1n) is 9.85. The van der Waals surface area contributed by atoms with Crippen molar-refractivity contribution in [3.63, 3.8) is 0 Å². The molecule has 0 aliphatic heterocycles. The van der Waals surface area contributed by atoms with Crippen LogP contribution in [0.15, 0.2) is 30.3 Å². The van der Waals surface area contributed by atoms with Crippen LogP contribution in [0.2, 0.25) is 0 Å². The number of pyridine rings is 2. The predicted octanol–water partition coefficient (Wildman–Crippen LogP) is 4.63. The number of carbonyl (C=O) groups is 1. The number of nitrogen functional groups attached to an aromatic ring is 1. The van der Waals surface area contributed by atoms with Crippen molar-refractivity contribution in [2.75, 3.05) is 5.73 Å². The normalized spacial score (nSPS) is 13.6. The second kappa shape index (κ2) is 7.23. The Morgan fingerprint density at radius 3 is 2.54 bits per heavy atom. The van der Waals surface area contributed by atoms with E-state index in [4.69, 9.17) is 15.5 Å². The maximum atomic E-state index is 13.0. The fourth-order valence-electron chi connectivity index (χ4n) is 4.02. The summed E-state index contributed by atoms with van der Waals surface area (Å²) in [6.45, 7) is 5.52. The monoisotopic (exact) mass is 375 g/mol. The van der Waals surface area contributed by atoms with Crippen LogP contribution in [0, 0.1) is 6.92 Å². The molecule has 28 heavy (non-hydrogen) atoms. The van der Waals surface area contributed by atoms with Crippen LogP contribution in [-0.2, 0) is 17.6 Å². The highest BCUT2D eigenvalue weighted by atomic mass is 16.5. The lowest BCUT2D eigenvalue weighted by molar-refractivity contribution is 0.0377. The number of fused-ring (bicyclic) bond motifs is 2. The Bertz CT molecular complexity index is 1060. The van der Waals surface area contributed by atoms with E-state index in [2.05, 4.69) is 4.98 Å². The third kappa shape index (κ3) is 3.11.